The lowest BCUT2D eigenvalue weighted by molar-refractivity contribution is -0.0456. The van der Waals surface area contributed by atoms with Gasteiger partial charge < -0.3 is 14.2 Å². The standard InChI is InChI=1S/C23H35N5O/c1-2-28-21(10-11-25-28)22-18(8-6-14-29-22)16-26-12-5-7-19(17-26)23-24-15-20-9-3-4-13-27(20)23/h10-11,15,18-19,22H,2-9,12-14,16-17H2,1H3/t18-,19?,22+/m0/s1. The van der Waals surface area contributed by atoms with Crippen LogP contribution in [-0.4, -0.2) is 50.5 Å². The molecular weight excluding hydrogens is 362 g/mol. The van der Waals surface area contributed by atoms with Gasteiger partial charge in [-0.05, 0) is 64.5 Å². The average molecular weight is 398 g/mol. The number of aromatic nitrogens is 4. The van der Waals surface area contributed by atoms with E-state index >= 15 is 0 Å². The zero-order valence-corrected chi connectivity index (χ0v) is 17.8. The molecule has 0 radical (unpaired) electrons. The summed E-state index contributed by atoms with van der Waals surface area (Å²) in [6.07, 6.45) is 13.1. The molecule has 158 valence electrons. The highest BCUT2D eigenvalue weighted by Crippen LogP contribution is 2.36. The summed E-state index contributed by atoms with van der Waals surface area (Å²) in [7, 11) is 0. The van der Waals surface area contributed by atoms with Gasteiger partial charge in [0.2, 0.25) is 0 Å². The predicted octanol–water partition coefficient (Wildman–Crippen LogP) is 3.78. The van der Waals surface area contributed by atoms with Crippen molar-refractivity contribution in [3.63, 3.8) is 0 Å². The number of aryl methyl sites for hydroxylation is 2. The molecule has 3 atom stereocenters. The third-order valence-electron chi connectivity index (χ3n) is 7.18. The molecular formula is C23H35N5O. The van der Waals surface area contributed by atoms with Crippen molar-refractivity contribution >= 4 is 0 Å². The van der Waals surface area contributed by atoms with Gasteiger partial charge in [-0.1, -0.05) is 0 Å². The first-order valence-corrected chi connectivity index (χ1v) is 11.7. The van der Waals surface area contributed by atoms with Gasteiger partial charge in [0.05, 0.1) is 5.69 Å². The lowest BCUT2D eigenvalue weighted by Crippen LogP contribution is -2.41. The Balaban J connectivity index is 1.29. The van der Waals surface area contributed by atoms with Crippen molar-refractivity contribution in [1.82, 2.24) is 24.2 Å². The molecule has 6 nitrogen and oxygen atoms in total. The largest absolute Gasteiger partial charge is 0.372 e. The van der Waals surface area contributed by atoms with Crippen molar-refractivity contribution in [3.05, 3.63) is 35.7 Å². The maximum atomic E-state index is 6.29. The Morgan fingerprint density at radius 3 is 3.03 bits per heavy atom. The fraction of sp³-hybridized carbons (Fsp3) is 0.739. The second-order valence-corrected chi connectivity index (χ2v) is 9.08. The van der Waals surface area contributed by atoms with Crippen LogP contribution in [0.2, 0.25) is 0 Å². The minimum atomic E-state index is 0.186. The minimum absolute atomic E-state index is 0.186. The third kappa shape index (κ3) is 3.89. The van der Waals surface area contributed by atoms with Gasteiger partial charge in [-0.2, -0.15) is 5.10 Å². The quantitative estimate of drug-likeness (QED) is 0.770. The second-order valence-electron chi connectivity index (χ2n) is 9.08. The maximum absolute atomic E-state index is 6.29. The Labute approximate surface area is 174 Å². The number of hydrogen-bond donors (Lipinski definition) is 0. The van der Waals surface area contributed by atoms with Crippen molar-refractivity contribution in [3.8, 4) is 0 Å². The van der Waals surface area contributed by atoms with E-state index in [0.717, 1.165) is 26.2 Å². The number of nitrogens with zero attached hydrogens (tertiary/aromatic N) is 5. The molecule has 0 aromatic carbocycles. The van der Waals surface area contributed by atoms with Crippen LogP contribution in [0.1, 0.15) is 74.7 Å². The molecule has 0 amide bonds. The molecule has 2 aromatic rings. The molecule has 0 N–H and O–H groups in total. The molecule has 3 aliphatic rings. The van der Waals surface area contributed by atoms with Crippen molar-refractivity contribution in [1.29, 1.82) is 0 Å². The Bertz CT molecular complexity index is 812. The van der Waals surface area contributed by atoms with E-state index in [0.29, 0.717) is 11.8 Å². The van der Waals surface area contributed by atoms with E-state index in [1.807, 2.05) is 6.20 Å². The third-order valence-corrected chi connectivity index (χ3v) is 7.18. The summed E-state index contributed by atoms with van der Waals surface area (Å²) in [6.45, 7) is 8.59. The van der Waals surface area contributed by atoms with Gasteiger partial charge in [-0.25, -0.2) is 4.98 Å². The lowest BCUT2D eigenvalue weighted by atomic mass is 9.89. The molecule has 5 rings (SSSR count). The second kappa shape index (κ2) is 8.60. The molecule has 5 heterocycles. The average Bonchev–Trinajstić information content (AvgIpc) is 3.41. The molecule has 2 aromatic heterocycles. The summed E-state index contributed by atoms with van der Waals surface area (Å²) in [5, 5.41) is 4.49. The first-order valence-electron chi connectivity index (χ1n) is 11.7. The normalized spacial score (nSPS) is 28.4. The van der Waals surface area contributed by atoms with Crippen LogP contribution in [0.15, 0.2) is 18.5 Å². The summed E-state index contributed by atoms with van der Waals surface area (Å²) >= 11 is 0. The number of fused-ring (bicyclic) bond motifs is 1. The van der Waals surface area contributed by atoms with Crippen LogP contribution >= 0.6 is 0 Å². The van der Waals surface area contributed by atoms with Crippen molar-refractivity contribution in [2.45, 2.75) is 77.0 Å². The van der Waals surface area contributed by atoms with Crippen LogP contribution in [0.25, 0.3) is 0 Å². The summed E-state index contributed by atoms with van der Waals surface area (Å²) in [5.41, 5.74) is 2.71. The Morgan fingerprint density at radius 1 is 1.14 bits per heavy atom. The minimum Gasteiger partial charge on any atom is -0.372 e. The number of ether oxygens (including phenoxy) is 1. The predicted molar refractivity (Wildman–Crippen MR) is 113 cm³/mol. The highest BCUT2D eigenvalue weighted by atomic mass is 16.5. The SMILES string of the molecule is CCn1nccc1[C@@H]1OCCC[C@H]1CN1CCCC(c2ncc3n2CCCC3)C1. The van der Waals surface area contributed by atoms with Crippen molar-refractivity contribution in [2.75, 3.05) is 26.2 Å². The van der Waals surface area contributed by atoms with Crippen LogP contribution in [0, 0.1) is 5.92 Å². The summed E-state index contributed by atoms with van der Waals surface area (Å²) < 4.78 is 10.9. The first-order chi connectivity index (χ1) is 14.3. The zero-order chi connectivity index (χ0) is 19.6. The van der Waals surface area contributed by atoms with E-state index in [9.17, 15) is 0 Å². The number of piperidine rings is 1. The molecule has 29 heavy (non-hydrogen) atoms. The molecule has 6 heteroatoms. The molecule has 0 aliphatic carbocycles. The monoisotopic (exact) mass is 397 g/mol. The topological polar surface area (TPSA) is 48.1 Å². The van der Waals surface area contributed by atoms with E-state index in [-0.39, 0.29) is 6.10 Å². The Hall–Kier alpha value is -1.66. The molecule has 0 saturated carbocycles. The van der Waals surface area contributed by atoms with Crippen LogP contribution in [-0.2, 0) is 24.2 Å². The fourth-order valence-corrected chi connectivity index (χ4v) is 5.76. The van der Waals surface area contributed by atoms with Crippen LogP contribution in [0.3, 0.4) is 0 Å². The van der Waals surface area contributed by atoms with E-state index in [4.69, 9.17) is 9.72 Å². The number of imidazole rings is 1. The van der Waals surface area contributed by atoms with Gasteiger partial charge in [0.25, 0.3) is 0 Å². The van der Waals surface area contributed by atoms with Gasteiger partial charge >= 0.3 is 0 Å². The smallest absolute Gasteiger partial charge is 0.113 e. The number of likely N-dealkylation sites (tertiary alicyclic amines) is 1. The van der Waals surface area contributed by atoms with E-state index in [2.05, 4.69) is 38.4 Å². The molecule has 1 unspecified atom stereocenters. The molecule has 3 aliphatic heterocycles. The van der Waals surface area contributed by atoms with Crippen LogP contribution < -0.4 is 0 Å². The molecule has 0 spiro atoms. The maximum Gasteiger partial charge on any atom is 0.113 e. The highest BCUT2D eigenvalue weighted by Gasteiger charge is 2.33. The molecule has 0 bridgehead atoms. The Kier molecular flexibility index (Phi) is 5.73. The van der Waals surface area contributed by atoms with E-state index in [1.165, 1.54) is 75.2 Å². The van der Waals surface area contributed by atoms with E-state index in [1.54, 1.807) is 0 Å². The van der Waals surface area contributed by atoms with Crippen molar-refractivity contribution in [2.24, 2.45) is 5.92 Å². The molecule has 2 saturated heterocycles. The van der Waals surface area contributed by atoms with Crippen molar-refractivity contribution < 1.29 is 4.74 Å². The lowest BCUT2D eigenvalue weighted by Gasteiger charge is -2.39. The highest BCUT2D eigenvalue weighted by molar-refractivity contribution is 5.13. The van der Waals surface area contributed by atoms with Gasteiger partial charge in [-0.3, -0.25) is 4.68 Å². The van der Waals surface area contributed by atoms with Gasteiger partial charge in [0.15, 0.2) is 0 Å². The van der Waals surface area contributed by atoms with E-state index < -0.39 is 0 Å². The Morgan fingerprint density at radius 2 is 2.10 bits per heavy atom. The van der Waals surface area contributed by atoms with Gasteiger partial charge in [0, 0.05) is 62.7 Å². The summed E-state index contributed by atoms with van der Waals surface area (Å²) in [4.78, 5) is 7.57. The number of rotatable bonds is 5. The number of hydrogen-bond acceptors (Lipinski definition) is 4. The first kappa shape index (κ1) is 19.3. The zero-order valence-electron chi connectivity index (χ0n) is 17.8. The summed E-state index contributed by atoms with van der Waals surface area (Å²) in [5.74, 6) is 2.49. The van der Waals surface area contributed by atoms with Gasteiger partial charge in [0.1, 0.15) is 11.9 Å². The van der Waals surface area contributed by atoms with Crippen LogP contribution in [0.4, 0.5) is 0 Å². The fourth-order valence-electron chi connectivity index (χ4n) is 5.76. The van der Waals surface area contributed by atoms with Gasteiger partial charge in [-0.15, -0.1) is 0 Å². The summed E-state index contributed by atoms with van der Waals surface area (Å²) in [6, 6.07) is 2.16. The van der Waals surface area contributed by atoms with Crippen LogP contribution in [0.5, 0.6) is 0 Å². The molecule has 2 fully saturated rings.